The molecular weight excluding hydrogens is 539 g/mol. The summed E-state index contributed by atoms with van der Waals surface area (Å²) in [6.07, 6.45) is 5.47. The van der Waals surface area contributed by atoms with Crippen molar-refractivity contribution < 1.29 is 23.5 Å². The van der Waals surface area contributed by atoms with Crippen LogP contribution in [0, 0.1) is 5.82 Å². The second-order valence-electron chi connectivity index (χ2n) is 8.13. The maximum Gasteiger partial charge on any atom is 0.341 e. The monoisotopic (exact) mass is 564 g/mol. The van der Waals surface area contributed by atoms with Gasteiger partial charge in [0.1, 0.15) is 23.2 Å². The average molecular weight is 565 g/mol. The van der Waals surface area contributed by atoms with Crippen LogP contribution in [0.1, 0.15) is 46.4 Å². The third-order valence-electron chi connectivity index (χ3n) is 5.59. The highest BCUT2D eigenvalue weighted by atomic mass is 35.5. The molecule has 0 fully saturated rings. The first kappa shape index (κ1) is 27.2. The van der Waals surface area contributed by atoms with Crippen LogP contribution in [0.5, 0.6) is 5.75 Å². The molecule has 1 N–H and O–H groups in total. The maximum atomic E-state index is 13.3. The second kappa shape index (κ2) is 12.6. The molecule has 0 saturated carbocycles. The van der Waals surface area contributed by atoms with Gasteiger partial charge in [0.2, 0.25) is 5.91 Å². The fourth-order valence-electron chi connectivity index (χ4n) is 3.95. The lowest BCUT2D eigenvalue weighted by atomic mass is 9.95. The van der Waals surface area contributed by atoms with Gasteiger partial charge < -0.3 is 14.8 Å². The molecular formula is C25H26ClFN4O4S2. The van der Waals surface area contributed by atoms with E-state index in [-0.39, 0.29) is 29.9 Å². The molecule has 1 aliphatic carbocycles. The molecule has 0 spiro atoms. The van der Waals surface area contributed by atoms with E-state index in [4.69, 9.17) is 21.1 Å². The zero-order valence-corrected chi connectivity index (χ0v) is 22.6. The van der Waals surface area contributed by atoms with Gasteiger partial charge in [0, 0.05) is 11.4 Å². The third kappa shape index (κ3) is 6.52. The zero-order chi connectivity index (χ0) is 26.4. The summed E-state index contributed by atoms with van der Waals surface area (Å²) in [5.41, 5.74) is 1.47. The Kier molecular flexibility index (Phi) is 9.23. The first-order chi connectivity index (χ1) is 17.9. The number of hydrogen-bond donors (Lipinski definition) is 1. The molecule has 196 valence electrons. The van der Waals surface area contributed by atoms with Crippen LogP contribution in [0.15, 0.2) is 36.0 Å². The summed E-state index contributed by atoms with van der Waals surface area (Å²) in [7, 11) is 0. The predicted octanol–water partition coefficient (Wildman–Crippen LogP) is 5.68. The van der Waals surface area contributed by atoms with E-state index in [1.54, 1.807) is 17.6 Å². The summed E-state index contributed by atoms with van der Waals surface area (Å²) < 4.78 is 26.0. The molecule has 8 nitrogen and oxygen atoms in total. The smallest absolute Gasteiger partial charge is 0.341 e. The minimum Gasteiger partial charge on any atom is -0.484 e. The number of anilines is 1. The molecule has 2 aromatic heterocycles. The van der Waals surface area contributed by atoms with Crippen molar-refractivity contribution in [2.45, 2.75) is 50.9 Å². The van der Waals surface area contributed by atoms with Crippen molar-refractivity contribution in [3.8, 4) is 5.75 Å². The lowest BCUT2D eigenvalue weighted by Gasteiger charge is -2.12. The Labute approximate surface area is 227 Å². The molecule has 37 heavy (non-hydrogen) atoms. The van der Waals surface area contributed by atoms with Crippen molar-refractivity contribution in [2.24, 2.45) is 0 Å². The number of nitrogens with one attached hydrogen (secondary N) is 1. The molecule has 0 unspecified atom stereocenters. The van der Waals surface area contributed by atoms with E-state index >= 15 is 0 Å². The number of halogens is 2. The van der Waals surface area contributed by atoms with Crippen molar-refractivity contribution in [1.82, 2.24) is 14.8 Å². The van der Waals surface area contributed by atoms with E-state index in [1.807, 2.05) is 0 Å². The van der Waals surface area contributed by atoms with Crippen LogP contribution in [0.4, 0.5) is 9.39 Å². The zero-order valence-electron chi connectivity index (χ0n) is 20.2. The molecule has 1 aromatic carbocycles. The van der Waals surface area contributed by atoms with E-state index in [9.17, 15) is 14.0 Å². The van der Waals surface area contributed by atoms with Crippen LogP contribution < -0.4 is 10.1 Å². The lowest BCUT2D eigenvalue weighted by molar-refractivity contribution is -0.113. The van der Waals surface area contributed by atoms with Crippen LogP contribution in [0.25, 0.3) is 0 Å². The first-order valence-electron chi connectivity index (χ1n) is 11.8. The summed E-state index contributed by atoms with van der Waals surface area (Å²) in [6, 6.07) is 3.87. The second-order valence-corrected chi connectivity index (χ2v) is 10.6. The van der Waals surface area contributed by atoms with Crippen LogP contribution in [0.2, 0.25) is 5.02 Å². The quantitative estimate of drug-likeness (QED) is 0.182. The molecule has 4 rings (SSSR count). The Morgan fingerprint density at radius 3 is 2.89 bits per heavy atom. The van der Waals surface area contributed by atoms with E-state index in [0.29, 0.717) is 33.8 Å². The molecule has 0 radical (unpaired) electrons. The number of carbonyl (C=O) groups is 2. The van der Waals surface area contributed by atoms with Gasteiger partial charge in [-0.25, -0.2) is 9.18 Å². The van der Waals surface area contributed by atoms with Crippen LogP contribution in [-0.4, -0.2) is 39.0 Å². The van der Waals surface area contributed by atoms with E-state index in [1.165, 1.54) is 41.3 Å². The van der Waals surface area contributed by atoms with Crippen LogP contribution in [-0.2, 0) is 35.5 Å². The van der Waals surface area contributed by atoms with Crippen LogP contribution >= 0.6 is 34.7 Å². The van der Waals surface area contributed by atoms with Gasteiger partial charge in [0.25, 0.3) is 0 Å². The summed E-state index contributed by atoms with van der Waals surface area (Å²) in [4.78, 5) is 26.6. The number of ether oxygens (including phenoxy) is 2. The lowest BCUT2D eigenvalue weighted by Crippen LogP contribution is -2.17. The summed E-state index contributed by atoms with van der Waals surface area (Å²) >= 11 is 8.69. The van der Waals surface area contributed by atoms with Crippen molar-refractivity contribution in [1.29, 1.82) is 0 Å². The third-order valence-corrected chi connectivity index (χ3v) is 8.06. The fourth-order valence-corrected chi connectivity index (χ4v) is 6.23. The van der Waals surface area contributed by atoms with E-state index in [2.05, 4.69) is 22.1 Å². The molecule has 0 aliphatic heterocycles. The topological polar surface area (TPSA) is 95.3 Å². The van der Waals surface area contributed by atoms with Crippen molar-refractivity contribution in [2.75, 3.05) is 17.7 Å². The number of benzene rings is 1. The SMILES string of the molecule is C=CCn1c(COc2ccc(F)cc2Cl)nnc1SCC(=O)Nc1sc2c(c1C(=O)OCC)CCCC2. The van der Waals surface area contributed by atoms with Gasteiger partial charge in [-0.15, -0.1) is 28.1 Å². The minimum absolute atomic E-state index is 0.0442. The van der Waals surface area contributed by atoms with Gasteiger partial charge >= 0.3 is 5.97 Å². The molecule has 1 amide bonds. The van der Waals surface area contributed by atoms with Gasteiger partial charge in [0.05, 0.1) is 22.9 Å². The number of allylic oxidation sites excluding steroid dienone is 1. The highest BCUT2D eigenvalue weighted by Crippen LogP contribution is 2.38. The Balaban J connectivity index is 1.43. The van der Waals surface area contributed by atoms with Crippen molar-refractivity contribution in [3.63, 3.8) is 0 Å². The number of aromatic nitrogens is 3. The number of fused-ring (bicyclic) bond motifs is 1. The number of rotatable bonds is 11. The predicted molar refractivity (Wildman–Crippen MR) is 142 cm³/mol. The summed E-state index contributed by atoms with van der Waals surface area (Å²) in [6.45, 7) is 6.25. The normalized spacial score (nSPS) is 12.6. The van der Waals surface area contributed by atoms with Gasteiger partial charge in [-0.05, 0) is 56.4 Å². The number of esters is 1. The summed E-state index contributed by atoms with van der Waals surface area (Å²) in [5.74, 6) is -0.245. The van der Waals surface area contributed by atoms with Gasteiger partial charge in [0.15, 0.2) is 11.0 Å². The molecule has 1 aliphatic rings. The van der Waals surface area contributed by atoms with Crippen molar-refractivity contribution in [3.05, 3.63) is 63.5 Å². The van der Waals surface area contributed by atoms with Gasteiger partial charge in [-0.2, -0.15) is 0 Å². The molecule has 0 atom stereocenters. The molecule has 0 bridgehead atoms. The van der Waals surface area contributed by atoms with Gasteiger partial charge in [-0.3, -0.25) is 9.36 Å². The van der Waals surface area contributed by atoms with Crippen molar-refractivity contribution >= 4 is 51.6 Å². The van der Waals surface area contributed by atoms with Crippen LogP contribution in [0.3, 0.4) is 0 Å². The Hall–Kier alpha value is -2.89. The van der Waals surface area contributed by atoms with Gasteiger partial charge in [-0.1, -0.05) is 29.4 Å². The standard InChI is InChI=1S/C25H26ClFN4O4S2/c1-3-11-31-20(13-35-18-10-9-15(27)12-17(18)26)29-30-25(31)36-14-21(32)28-23-22(24(33)34-4-2)16-7-5-6-8-19(16)37-23/h3,9-10,12H,1,4-8,11,13-14H2,2H3,(H,28,32). The highest BCUT2D eigenvalue weighted by Gasteiger charge is 2.27. The first-order valence-corrected chi connectivity index (χ1v) is 13.9. The number of hydrogen-bond acceptors (Lipinski definition) is 8. The molecule has 2 heterocycles. The number of thioether (sulfide) groups is 1. The number of aryl methyl sites for hydroxylation is 1. The summed E-state index contributed by atoms with van der Waals surface area (Å²) in [5, 5.41) is 12.5. The maximum absolute atomic E-state index is 13.3. The number of amides is 1. The highest BCUT2D eigenvalue weighted by molar-refractivity contribution is 7.99. The Morgan fingerprint density at radius 2 is 2.14 bits per heavy atom. The largest absolute Gasteiger partial charge is 0.484 e. The van der Waals surface area contributed by atoms with E-state index in [0.717, 1.165) is 36.1 Å². The minimum atomic E-state index is -0.457. The Morgan fingerprint density at radius 1 is 1.32 bits per heavy atom. The average Bonchev–Trinajstić information content (AvgIpc) is 3.43. The molecule has 0 saturated heterocycles. The van der Waals surface area contributed by atoms with E-state index < -0.39 is 11.8 Å². The molecule has 12 heteroatoms. The fraction of sp³-hybridized carbons (Fsp3) is 0.360. The number of nitrogens with zero attached hydrogens (tertiary/aromatic N) is 3. The number of thiophene rings is 1. The molecule has 3 aromatic rings. The Bertz CT molecular complexity index is 1310. The number of carbonyl (C=O) groups excluding carboxylic acids is 2.